The molecule has 31 heavy (non-hydrogen) atoms. The number of ketones is 1. The van der Waals surface area contributed by atoms with Crippen molar-refractivity contribution in [3.05, 3.63) is 34.3 Å². The molecule has 0 aliphatic heterocycles. The van der Waals surface area contributed by atoms with Crippen LogP contribution in [0.5, 0.6) is 0 Å². The van der Waals surface area contributed by atoms with Crippen molar-refractivity contribution in [2.45, 2.75) is 109 Å². The number of ether oxygens (including phenoxy) is 1. The van der Waals surface area contributed by atoms with Crippen LogP contribution in [0.2, 0.25) is 0 Å². The Bertz CT molecular complexity index is 600. The predicted molar refractivity (Wildman–Crippen MR) is 130 cm³/mol. The van der Waals surface area contributed by atoms with E-state index in [9.17, 15) is 14.7 Å². The molecule has 0 aromatic heterocycles. The summed E-state index contributed by atoms with van der Waals surface area (Å²) in [6, 6.07) is 6.91. The highest BCUT2D eigenvalue weighted by Crippen LogP contribution is 2.14. The summed E-state index contributed by atoms with van der Waals surface area (Å²) in [6.07, 6.45) is 16.6. The van der Waals surface area contributed by atoms with Gasteiger partial charge in [-0.3, -0.25) is 9.59 Å². The highest BCUT2D eigenvalue weighted by molar-refractivity contribution is 9.10. The molecule has 0 saturated carbocycles. The Kier molecular flexibility index (Phi) is 16.5. The van der Waals surface area contributed by atoms with E-state index in [1.807, 2.05) is 0 Å². The van der Waals surface area contributed by atoms with E-state index in [2.05, 4.69) is 22.9 Å². The van der Waals surface area contributed by atoms with Crippen LogP contribution in [0.3, 0.4) is 0 Å². The topological polar surface area (TPSA) is 63.6 Å². The van der Waals surface area contributed by atoms with Gasteiger partial charge < -0.3 is 9.84 Å². The number of Topliss-reactive ketones (excluding diaryl/α,β-unsaturated/α-hetero) is 1. The van der Waals surface area contributed by atoms with Gasteiger partial charge in [0.1, 0.15) is 0 Å². The van der Waals surface area contributed by atoms with Gasteiger partial charge in [0.2, 0.25) is 0 Å². The molecule has 1 rings (SSSR count). The van der Waals surface area contributed by atoms with Crippen molar-refractivity contribution in [1.29, 1.82) is 0 Å². The minimum atomic E-state index is -0.692. The van der Waals surface area contributed by atoms with E-state index in [1.54, 1.807) is 24.3 Å². The number of unbranched alkanes of at least 4 members (excludes halogenated alkanes) is 12. The van der Waals surface area contributed by atoms with E-state index in [1.165, 1.54) is 70.6 Å². The average Bonchev–Trinajstić information content (AvgIpc) is 2.75. The normalized spacial score (nSPS) is 12.0. The third-order valence-corrected chi connectivity index (χ3v) is 6.10. The van der Waals surface area contributed by atoms with Crippen LogP contribution in [0, 0.1) is 0 Å². The van der Waals surface area contributed by atoms with Gasteiger partial charge in [0, 0.05) is 10.0 Å². The highest BCUT2D eigenvalue weighted by atomic mass is 79.9. The van der Waals surface area contributed by atoms with Gasteiger partial charge in [0.15, 0.2) is 12.4 Å². The second kappa shape index (κ2) is 18.4. The van der Waals surface area contributed by atoms with Gasteiger partial charge in [-0.15, -0.1) is 0 Å². The summed E-state index contributed by atoms with van der Waals surface area (Å²) in [6.45, 7) is 1.97. The summed E-state index contributed by atoms with van der Waals surface area (Å²) in [7, 11) is 0. The summed E-state index contributed by atoms with van der Waals surface area (Å²) in [4.78, 5) is 23.8. The van der Waals surface area contributed by atoms with Gasteiger partial charge in [0.25, 0.3) is 0 Å². The molecule has 1 unspecified atom stereocenters. The molecule has 0 bridgehead atoms. The molecule has 1 aromatic rings. The summed E-state index contributed by atoms with van der Waals surface area (Å²) in [5, 5.41) is 10.0. The quantitative estimate of drug-likeness (QED) is 0.123. The van der Waals surface area contributed by atoms with E-state index >= 15 is 0 Å². The van der Waals surface area contributed by atoms with Gasteiger partial charge in [-0.2, -0.15) is 0 Å². The fourth-order valence-corrected chi connectivity index (χ4v) is 3.88. The van der Waals surface area contributed by atoms with Crippen molar-refractivity contribution >= 4 is 27.7 Å². The first-order valence-corrected chi connectivity index (χ1v) is 12.9. The lowest BCUT2D eigenvalue weighted by atomic mass is 10.0. The van der Waals surface area contributed by atoms with Crippen LogP contribution in [0.4, 0.5) is 0 Å². The highest BCUT2D eigenvalue weighted by Gasteiger charge is 2.14. The largest absolute Gasteiger partial charge is 0.457 e. The molecule has 0 aliphatic carbocycles. The van der Waals surface area contributed by atoms with E-state index in [0.29, 0.717) is 12.0 Å². The molecular formula is C26H41BrO4. The Morgan fingerprint density at radius 2 is 1.32 bits per heavy atom. The number of halogens is 1. The van der Waals surface area contributed by atoms with Crippen molar-refractivity contribution in [3.63, 3.8) is 0 Å². The molecule has 0 spiro atoms. The smallest absolute Gasteiger partial charge is 0.308 e. The van der Waals surface area contributed by atoms with Crippen molar-refractivity contribution in [2.24, 2.45) is 0 Å². The van der Waals surface area contributed by atoms with Gasteiger partial charge >= 0.3 is 5.97 Å². The monoisotopic (exact) mass is 496 g/mol. The zero-order valence-electron chi connectivity index (χ0n) is 19.3. The summed E-state index contributed by atoms with van der Waals surface area (Å²) in [5.74, 6) is -0.764. The molecule has 0 fully saturated rings. The Balaban J connectivity index is 1.94. The molecule has 0 saturated heterocycles. The van der Waals surface area contributed by atoms with Gasteiger partial charge in [0.05, 0.1) is 12.5 Å². The zero-order valence-corrected chi connectivity index (χ0v) is 20.8. The van der Waals surface area contributed by atoms with E-state index in [-0.39, 0.29) is 18.8 Å². The maximum Gasteiger partial charge on any atom is 0.308 e. The fraction of sp³-hybridized carbons (Fsp3) is 0.692. The minimum absolute atomic E-state index is 0.0497. The number of esters is 1. The van der Waals surface area contributed by atoms with Gasteiger partial charge in [-0.25, -0.2) is 0 Å². The Morgan fingerprint density at radius 1 is 0.839 bits per heavy atom. The number of aliphatic hydroxyl groups is 1. The van der Waals surface area contributed by atoms with Crippen LogP contribution >= 0.6 is 15.9 Å². The maximum atomic E-state index is 12.0. The fourth-order valence-electron chi connectivity index (χ4n) is 3.62. The average molecular weight is 498 g/mol. The summed E-state index contributed by atoms with van der Waals surface area (Å²) in [5.41, 5.74) is 0.503. The predicted octanol–water partition coefficient (Wildman–Crippen LogP) is 7.41. The summed E-state index contributed by atoms with van der Waals surface area (Å²) < 4.78 is 5.90. The van der Waals surface area contributed by atoms with Crippen molar-refractivity contribution in [2.75, 3.05) is 6.61 Å². The number of carbonyl (C=O) groups is 2. The number of rotatable bonds is 19. The van der Waals surface area contributed by atoms with Crippen molar-refractivity contribution in [1.82, 2.24) is 0 Å². The van der Waals surface area contributed by atoms with Crippen LogP contribution in [-0.2, 0) is 9.53 Å². The number of aliphatic hydroxyl groups excluding tert-OH is 1. The Hall–Kier alpha value is -1.20. The zero-order chi connectivity index (χ0) is 22.7. The van der Waals surface area contributed by atoms with Crippen LogP contribution in [-0.4, -0.2) is 29.6 Å². The van der Waals surface area contributed by atoms with Crippen LogP contribution in [0.25, 0.3) is 0 Å². The first-order chi connectivity index (χ1) is 15.0. The molecule has 1 atom stereocenters. The maximum absolute atomic E-state index is 12.0. The number of hydrogen-bond donors (Lipinski definition) is 1. The Morgan fingerprint density at radius 3 is 1.84 bits per heavy atom. The molecule has 5 heteroatoms. The molecule has 4 nitrogen and oxygen atoms in total. The van der Waals surface area contributed by atoms with Gasteiger partial charge in [-0.1, -0.05) is 118 Å². The van der Waals surface area contributed by atoms with Crippen molar-refractivity contribution in [3.8, 4) is 0 Å². The van der Waals surface area contributed by atoms with E-state index in [0.717, 1.165) is 17.3 Å². The van der Waals surface area contributed by atoms with Crippen LogP contribution in [0.15, 0.2) is 28.7 Å². The molecular weight excluding hydrogens is 456 g/mol. The third-order valence-electron chi connectivity index (χ3n) is 5.57. The molecule has 0 aliphatic rings. The minimum Gasteiger partial charge on any atom is -0.457 e. The lowest BCUT2D eigenvalue weighted by molar-refractivity contribution is -0.144. The van der Waals surface area contributed by atoms with Crippen molar-refractivity contribution < 1.29 is 19.4 Å². The lowest BCUT2D eigenvalue weighted by Crippen LogP contribution is -2.19. The molecule has 0 radical (unpaired) electrons. The molecule has 1 aromatic carbocycles. The second-order valence-electron chi connectivity index (χ2n) is 8.48. The molecule has 1 N–H and O–H groups in total. The molecule has 0 amide bonds. The number of carbonyl (C=O) groups excluding carboxylic acids is 2. The number of benzene rings is 1. The third kappa shape index (κ3) is 15.3. The Labute approximate surface area is 197 Å². The lowest BCUT2D eigenvalue weighted by Gasteiger charge is -2.10. The molecule has 0 heterocycles. The first-order valence-electron chi connectivity index (χ1n) is 12.2. The number of hydrogen-bond acceptors (Lipinski definition) is 4. The van der Waals surface area contributed by atoms with E-state index < -0.39 is 12.1 Å². The summed E-state index contributed by atoms with van der Waals surface area (Å²) >= 11 is 3.31. The molecule has 176 valence electrons. The van der Waals surface area contributed by atoms with E-state index in [4.69, 9.17) is 4.74 Å². The van der Waals surface area contributed by atoms with Gasteiger partial charge in [-0.05, 0) is 18.6 Å². The SMILES string of the molecule is CCCCCCCCCCCCCCCC(O)CC(=O)OCC(=O)c1ccc(Br)cc1. The van der Waals surface area contributed by atoms with Crippen LogP contribution in [0.1, 0.15) is 114 Å². The first kappa shape index (κ1) is 27.8. The van der Waals surface area contributed by atoms with Crippen LogP contribution < -0.4 is 0 Å². The second-order valence-corrected chi connectivity index (χ2v) is 9.40. The standard InChI is InChI=1S/C26H41BrO4/c1-2-3-4-5-6-7-8-9-10-11-12-13-14-15-24(28)20-26(30)31-21-25(29)22-16-18-23(27)19-17-22/h16-19,24,28H,2-15,20-21H2,1H3.